The van der Waals surface area contributed by atoms with Gasteiger partial charge < -0.3 is 23.7 Å². The van der Waals surface area contributed by atoms with Gasteiger partial charge in [0.25, 0.3) is 0 Å². The molecule has 0 bridgehead atoms. The molecule has 0 N–H and O–H groups in total. The summed E-state index contributed by atoms with van der Waals surface area (Å²) in [5.41, 5.74) is 17.7. The van der Waals surface area contributed by atoms with Crippen LogP contribution in [0, 0.1) is 118 Å². The molecule has 0 radical (unpaired) electrons. The van der Waals surface area contributed by atoms with Crippen molar-refractivity contribution in [2.45, 2.75) is 326 Å². The summed E-state index contributed by atoms with van der Waals surface area (Å²) in [5, 5.41) is 0. The zero-order chi connectivity index (χ0) is 98.0. The molecule has 5 aliphatic carbocycles. The Bertz CT molecular complexity index is 5350. The summed E-state index contributed by atoms with van der Waals surface area (Å²) in [6.07, 6.45) is 55.2. The Kier molecular flexibility index (Phi) is 50.3. The minimum Gasteiger partial charge on any atom is -0.497 e. The average Bonchev–Trinajstić information content (AvgIpc) is 0.885. The molecular weight excluding hydrogens is 1700 g/mol. The topological polar surface area (TPSA) is 46.2 Å². The summed E-state index contributed by atoms with van der Waals surface area (Å²) in [7, 11) is 1.68. The molecule has 740 valence electrons. The third-order valence-corrected chi connectivity index (χ3v) is 30.5. The number of benzene rings is 10. The summed E-state index contributed by atoms with van der Waals surface area (Å²) in [6.45, 7) is 23.2. The summed E-state index contributed by atoms with van der Waals surface area (Å²) in [5.74, 6) is 46.8. The molecule has 10 aromatic rings. The Morgan fingerprint density at radius 2 is 0.364 bits per heavy atom. The lowest BCUT2D eigenvalue weighted by molar-refractivity contribution is 0.259. The van der Waals surface area contributed by atoms with Gasteiger partial charge in [-0.2, -0.15) is 0 Å². The van der Waals surface area contributed by atoms with Gasteiger partial charge in [-0.05, 0) is 359 Å². The lowest BCUT2D eigenvalue weighted by Crippen LogP contribution is -2.14. The molecule has 5 aliphatic rings. The second-order valence-corrected chi connectivity index (χ2v) is 40.8. The van der Waals surface area contributed by atoms with Gasteiger partial charge in [-0.1, -0.05) is 355 Å². The highest BCUT2D eigenvalue weighted by atomic mass is 16.5. The van der Waals surface area contributed by atoms with Crippen LogP contribution in [0.5, 0.6) is 28.7 Å². The first kappa shape index (κ1) is 109. The molecule has 0 heterocycles. The van der Waals surface area contributed by atoms with Crippen LogP contribution in [0.4, 0.5) is 0 Å². The third kappa shape index (κ3) is 42.0. The maximum absolute atomic E-state index is 5.77. The summed E-state index contributed by atoms with van der Waals surface area (Å²) in [6, 6.07) is 84.3. The van der Waals surface area contributed by atoms with Crippen LogP contribution in [-0.4, -0.2) is 33.5 Å². The molecule has 0 aromatic heterocycles. The lowest BCUT2D eigenvalue weighted by atomic mass is 9.78. The van der Waals surface area contributed by atoms with Crippen molar-refractivity contribution in [3.8, 4) is 88.0 Å². The molecule has 0 spiro atoms. The number of rotatable bonds is 35. The molecular formula is C135H170O5. The van der Waals surface area contributed by atoms with Gasteiger partial charge in [0.1, 0.15) is 28.7 Å². The van der Waals surface area contributed by atoms with Crippen molar-refractivity contribution in [3.05, 3.63) is 326 Å². The van der Waals surface area contributed by atoms with Crippen molar-refractivity contribution in [2.75, 3.05) is 33.5 Å². The first-order valence-electron chi connectivity index (χ1n) is 55.4. The minimum absolute atomic E-state index is 0.692. The zero-order valence-electron chi connectivity index (χ0n) is 87.7. The van der Waals surface area contributed by atoms with Gasteiger partial charge in [-0.25, -0.2) is 0 Å². The fourth-order valence-corrected chi connectivity index (χ4v) is 20.5. The average molecular weight is 1870 g/mol. The smallest absolute Gasteiger partial charge is 0.119 e. The fraction of sp³-hybridized carbons (Fsp3) is 0.481. The van der Waals surface area contributed by atoms with Crippen LogP contribution < -0.4 is 23.7 Å². The third-order valence-electron chi connectivity index (χ3n) is 30.5. The standard InChI is InChI=1S/C29H38O.C28H36O.C27H34O.C26H32O.C25H30O/c1-3-5-6-23-30-29-21-19-28(20-22-29)18-17-27-15-13-26(14-16-27)12-11-25-9-7-24(4-2)8-10-25;1-3-5-22-29-28-20-18-27(19-21-28)17-16-26-14-12-25(13-15-26)11-10-24-8-6-23(4-2)7-9-24;1-3-21-28-27-19-17-26(18-20-27)16-15-25-13-11-24(12-14-25)10-9-23-7-5-22(4-2)6-8-23;1-3-21-5-7-22(8-6-21)9-10-23-11-13-24(14-12-23)15-16-25-17-19-26(20-18-25)27-4-2;1-3-20-4-6-21(7-5-20)8-9-22-10-12-23(13-11-22)14-15-24-16-18-25(26-2)19-17-24/h13-16,19-22,24-25H,3-12,23H2,1-2H3;12-15,18-21,23-24H,3-11,22H2,1-2H3;11-14,17-20,22-23H,3-10,21H2,1-2H3;11-14,17-22H,3-10H2,1-2H3;10-13,16-21H,3-9H2,1-2H3. The van der Waals surface area contributed by atoms with Gasteiger partial charge in [-0.3, -0.25) is 0 Å². The van der Waals surface area contributed by atoms with Crippen LogP contribution in [0.3, 0.4) is 0 Å². The number of methoxy groups -OCH3 is 1. The van der Waals surface area contributed by atoms with E-state index in [0.29, 0.717) is 6.61 Å². The van der Waals surface area contributed by atoms with Crippen LogP contribution in [0.2, 0.25) is 0 Å². The van der Waals surface area contributed by atoms with Crippen LogP contribution in [-0.2, 0) is 32.1 Å². The van der Waals surface area contributed by atoms with E-state index < -0.39 is 0 Å². The van der Waals surface area contributed by atoms with E-state index in [-0.39, 0.29) is 0 Å². The molecule has 0 amide bonds. The van der Waals surface area contributed by atoms with Gasteiger partial charge in [-0.15, -0.1) is 0 Å². The van der Waals surface area contributed by atoms with E-state index in [1.807, 2.05) is 128 Å². The van der Waals surface area contributed by atoms with Crippen molar-refractivity contribution >= 4 is 0 Å². The maximum atomic E-state index is 5.77. The normalized spacial score (nSPS) is 18.9. The molecule has 0 atom stereocenters. The first-order valence-corrected chi connectivity index (χ1v) is 55.4. The number of aryl methyl sites for hydroxylation is 5. The predicted octanol–water partition coefficient (Wildman–Crippen LogP) is 35.1. The van der Waals surface area contributed by atoms with Crippen LogP contribution >= 0.6 is 0 Å². The first-order chi connectivity index (χ1) is 68.8. The zero-order valence-corrected chi connectivity index (χ0v) is 87.7. The highest BCUT2D eigenvalue weighted by Gasteiger charge is 2.25. The molecule has 10 aromatic carbocycles. The predicted molar refractivity (Wildman–Crippen MR) is 594 cm³/mol. The van der Waals surface area contributed by atoms with E-state index >= 15 is 0 Å². The monoisotopic (exact) mass is 1870 g/mol. The highest BCUT2D eigenvalue weighted by molar-refractivity contribution is 5.50. The molecule has 0 saturated heterocycles. The Balaban J connectivity index is 0.000000168. The van der Waals surface area contributed by atoms with E-state index in [1.54, 1.807) is 7.11 Å². The number of ether oxygens (including phenoxy) is 5. The van der Waals surface area contributed by atoms with E-state index in [4.69, 9.17) is 23.7 Å². The van der Waals surface area contributed by atoms with E-state index in [0.717, 1.165) is 189 Å². The van der Waals surface area contributed by atoms with Crippen LogP contribution in [0.1, 0.15) is 377 Å². The number of unbranched alkanes of at least 4 members (excludes halogenated alkanes) is 3. The van der Waals surface area contributed by atoms with E-state index in [2.05, 4.69) is 236 Å². The molecule has 5 saturated carbocycles. The summed E-state index contributed by atoms with van der Waals surface area (Å²) < 4.78 is 27.7. The molecule has 5 nitrogen and oxygen atoms in total. The van der Waals surface area contributed by atoms with Gasteiger partial charge in [0, 0.05) is 55.6 Å². The molecule has 5 fully saturated rings. The molecule has 0 aliphatic heterocycles. The van der Waals surface area contributed by atoms with Crippen molar-refractivity contribution in [3.63, 3.8) is 0 Å². The minimum atomic E-state index is 0.692. The van der Waals surface area contributed by atoms with E-state index in [9.17, 15) is 0 Å². The number of hydrogen-bond donors (Lipinski definition) is 0. The van der Waals surface area contributed by atoms with Crippen molar-refractivity contribution in [2.24, 2.45) is 59.2 Å². The summed E-state index contributed by atoms with van der Waals surface area (Å²) in [4.78, 5) is 0. The van der Waals surface area contributed by atoms with Gasteiger partial charge in [0.05, 0.1) is 33.5 Å². The molecule has 0 unspecified atom stereocenters. The maximum Gasteiger partial charge on any atom is 0.119 e. The van der Waals surface area contributed by atoms with Gasteiger partial charge >= 0.3 is 0 Å². The van der Waals surface area contributed by atoms with Crippen LogP contribution in [0.25, 0.3) is 0 Å². The van der Waals surface area contributed by atoms with Crippen molar-refractivity contribution in [1.82, 2.24) is 0 Å². The van der Waals surface area contributed by atoms with Crippen molar-refractivity contribution < 1.29 is 23.7 Å². The van der Waals surface area contributed by atoms with Gasteiger partial charge in [0.2, 0.25) is 0 Å². The second-order valence-electron chi connectivity index (χ2n) is 40.8. The summed E-state index contributed by atoms with van der Waals surface area (Å²) >= 11 is 0. The Labute approximate surface area is 850 Å². The lowest BCUT2D eigenvalue weighted by Gasteiger charge is -2.27. The Hall–Kier alpha value is -11.0. The van der Waals surface area contributed by atoms with E-state index in [1.165, 1.54) is 265 Å². The Morgan fingerprint density at radius 3 is 0.550 bits per heavy atom. The largest absolute Gasteiger partial charge is 0.497 e. The second kappa shape index (κ2) is 64.4. The fourth-order valence-electron chi connectivity index (χ4n) is 20.5. The number of hydrogen-bond acceptors (Lipinski definition) is 5. The molecule has 5 heteroatoms. The highest BCUT2D eigenvalue weighted by Crippen LogP contribution is 2.39. The molecule has 15 rings (SSSR count). The van der Waals surface area contributed by atoms with Gasteiger partial charge in [0.15, 0.2) is 0 Å². The van der Waals surface area contributed by atoms with Crippen LogP contribution in [0.15, 0.2) is 243 Å². The SMILES string of the molecule is CCC1CCC(CCc2ccc(C#Cc3ccc(OC)cc3)cc2)CC1.CCCCCOc1ccc(C#Cc2ccc(CCC3CCC(CC)CC3)cc2)cc1.CCCCOc1ccc(C#Cc2ccc(CCC3CCC(CC)CC3)cc2)cc1.CCCOc1ccc(C#Cc2ccc(CCC3CCC(CC)CC3)cc2)cc1.CCOc1ccc(C#Cc2ccc(CCC3CCC(CC)CC3)cc2)cc1. The Morgan fingerprint density at radius 1 is 0.186 bits per heavy atom. The van der Waals surface area contributed by atoms with Crippen molar-refractivity contribution in [1.29, 1.82) is 0 Å². The quantitative estimate of drug-likeness (QED) is 0.0293. The molecule has 140 heavy (non-hydrogen) atoms.